The van der Waals surface area contributed by atoms with E-state index in [0.29, 0.717) is 11.5 Å². The van der Waals surface area contributed by atoms with Gasteiger partial charge >= 0.3 is 0 Å². The predicted molar refractivity (Wildman–Crippen MR) is 56.6 cm³/mol. The molecule has 0 aliphatic carbocycles. The lowest BCUT2D eigenvalue weighted by molar-refractivity contribution is 0.213. The van der Waals surface area contributed by atoms with Crippen molar-refractivity contribution in [1.29, 1.82) is 0 Å². The number of benzene rings is 1. The lowest BCUT2D eigenvalue weighted by Gasteiger charge is -2.13. The summed E-state index contributed by atoms with van der Waals surface area (Å²) in [5.41, 5.74) is 0. The van der Waals surface area contributed by atoms with Crippen molar-refractivity contribution in [3.63, 3.8) is 0 Å². The fraction of sp³-hybridized carbons (Fsp3) is 0.455. The van der Waals surface area contributed by atoms with Crippen LogP contribution < -0.4 is 14.8 Å². The predicted octanol–water partition coefficient (Wildman–Crippen LogP) is 1.14. The van der Waals surface area contributed by atoms with Gasteiger partial charge in [-0.1, -0.05) is 0 Å². The van der Waals surface area contributed by atoms with Crippen molar-refractivity contribution >= 4 is 0 Å². The van der Waals surface area contributed by atoms with Crippen molar-refractivity contribution in [1.82, 2.24) is 5.32 Å². The number of rotatable bonds is 3. The van der Waals surface area contributed by atoms with E-state index in [4.69, 9.17) is 9.47 Å². The third-order valence-electron chi connectivity index (χ3n) is 2.47. The summed E-state index contributed by atoms with van der Waals surface area (Å²) in [6.07, 6.45) is 1.13. The molecule has 1 saturated heterocycles. The first-order valence-electron chi connectivity index (χ1n) is 5.04. The molecule has 1 aliphatic heterocycles. The molecule has 0 radical (unpaired) electrons. The van der Waals surface area contributed by atoms with Crippen LogP contribution in [-0.4, -0.2) is 31.4 Å². The zero-order chi connectivity index (χ0) is 10.7. The highest BCUT2D eigenvalue weighted by Crippen LogP contribution is 2.31. The Balaban J connectivity index is 2.07. The van der Waals surface area contributed by atoms with Crippen LogP contribution in [0.5, 0.6) is 17.2 Å². The maximum Gasteiger partial charge on any atom is 0.161 e. The molecule has 4 nitrogen and oxygen atoms in total. The number of hydrogen-bond acceptors (Lipinski definition) is 4. The van der Waals surface area contributed by atoms with E-state index in [1.807, 2.05) is 0 Å². The van der Waals surface area contributed by atoms with Crippen molar-refractivity contribution in [2.24, 2.45) is 0 Å². The van der Waals surface area contributed by atoms with Gasteiger partial charge in [-0.15, -0.1) is 0 Å². The zero-order valence-corrected chi connectivity index (χ0v) is 8.69. The van der Waals surface area contributed by atoms with Crippen molar-refractivity contribution in [2.75, 3.05) is 20.2 Å². The average molecular weight is 209 g/mol. The summed E-state index contributed by atoms with van der Waals surface area (Å²) in [6.45, 7) is 1.81. The molecule has 0 saturated carbocycles. The Morgan fingerprint density at radius 2 is 2.33 bits per heavy atom. The number of hydrogen-bond donors (Lipinski definition) is 2. The number of ether oxygens (including phenoxy) is 2. The maximum absolute atomic E-state index is 9.66. The van der Waals surface area contributed by atoms with Gasteiger partial charge in [-0.25, -0.2) is 0 Å². The Morgan fingerprint density at radius 3 is 2.93 bits per heavy atom. The van der Waals surface area contributed by atoms with Gasteiger partial charge in [0.25, 0.3) is 0 Å². The smallest absolute Gasteiger partial charge is 0.161 e. The molecular formula is C11H15NO3. The quantitative estimate of drug-likeness (QED) is 0.783. The van der Waals surface area contributed by atoms with E-state index in [2.05, 4.69) is 5.32 Å². The molecule has 4 heteroatoms. The average Bonchev–Trinajstić information content (AvgIpc) is 2.74. The van der Waals surface area contributed by atoms with Gasteiger partial charge < -0.3 is 19.9 Å². The third kappa shape index (κ3) is 2.33. The van der Waals surface area contributed by atoms with Crippen molar-refractivity contribution in [2.45, 2.75) is 12.5 Å². The fourth-order valence-corrected chi connectivity index (χ4v) is 1.63. The van der Waals surface area contributed by atoms with Gasteiger partial charge in [0, 0.05) is 12.6 Å². The van der Waals surface area contributed by atoms with Crippen molar-refractivity contribution in [3.05, 3.63) is 18.2 Å². The van der Waals surface area contributed by atoms with E-state index in [9.17, 15) is 5.11 Å². The van der Waals surface area contributed by atoms with Gasteiger partial charge in [0.2, 0.25) is 0 Å². The van der Waals surface area contributed by atoms with Crippen molar-refractivity contribution < 1.29 is 14.6 Å². The van der Waals surface area contributed by atoms with Crippen LogP contribution in [0.1, 0.15) is 6.42 Å². The molecular weight excluding hydrogens is 194 g/mol. The molecule has 0 spiro atoms. The van der Waals surface area contributed by atoms with Gasteiger partial charge in [0.05, 0.1) is 7.11 Å². The molecule has 15 heavy (non-hydrogen) atoms. The van der Waals surface area contributed by atoms with Gasteiger partial charge in [0.15, 0.2) is 11.5 Å². The van der Waals surface area contributed by atoms with E-state index in [0.717, 1.165) is 19.5 Å². The van der Waals surface area contributed by atoms with Crippen LogP contribution in [0, 0.1) is 0 Å². The number of phenolic OH excluding ortho intramolecular Hbond substituents is 1. The first-order valence-corrected chi connectivity index (χ1v) is 5.04. The van der Waals surface area contributed by atoms with E-state index >= 15 is 0 Å². The van der Waals surface area contributed by atoms with E-state index in [1.165, 1.54) is 0 Å². The van der Waals surface area contributed by atoms with E-state index < -0.39 is 0 Å². The Kier molecular flexibility index (Phi) is 2.97. The summed E-state index contributed by atoms with van der Waals surface area (Å²) in [4.78, 5) is 0. The van der Waals surface area contributed by atoms with Gasteiger partial charge in [-0.2, -0.15) is 0 Å². The molecule has 1 aromatic carbocycles. The van der Waals surface area contributed by atoms with Crippen LogP contribution >= 0.6 is 0 Å². The molecule has 0 bridgehead atoms. The molecule has 1 atom stereocenters. The highest BCUT2D eigenvalue weighted by Gasteiger charge is 2.17. The van der Waals surface area contributed by atoms with E-state index in [1.54, 1.807) is 25.3 Å². The minimum Gasteiger partial charge on any atom is -0.504 e. The molecule has 1 aliphatic rings. The lowest BCUT2D eigenvalue weighted by Crippen LogP contribution is -2.19. The monoisotopic (exact) mass is 209 g/mol. The molecule has 0 amide bonds. The second kappa shape index (κ2) is 4.40. The first kappa shape index (κ1) is 10.1. The fourth-order valence-electron chi connectivity index (χ4n) is 1.63. The minimum atomic E-state index is 0.126. The Labute approximate surface area is 88.8 Å². The molecule has 82 valence electrons. The Morgan fingerprint density at radius 1 is 1.47 bits per heavy atom. The van der Waals surface area contributed by atoms with Gasteiger partial charge in [-0.3, -0.25) is 0 Å². The molecule has 1 fully saturated rings. The first-order chi connectivity index (χ1) is 7.29. The van der Waals surface area contributed by atoms with Crippen molar-refractivity contribution in [3.8, 4) is 17.2 Å². The molecule has 2 N–H and O–H groups in total. The highest BCUT2D eigenvalue weighted by molar-refractivity contribution is 5.44. The molecule has 1 unspecified atom stereocenters. The lowest BCUT2D eigenvalue weighted by atomic mass is 10.2. The number of phenols is 1. The number of methoxy groups -OCH3 is 1. The van der Waals surface area contributed by atoms with Crippen LogP contribution in [0.3, 0.4) is 0 Å². The molecule has 2 rings (SSSR count). The topological polar surface area (TPSA) is 50.7 Å². The molecule has 1 aromatic rings. The molecule has 0 aromatic heterocycles. The van der Waals surface area contributed by atoms with Crippen LogP contribution in [0.4, 0.5) is 0 Å². The SMILES string of the molecule is COc1ccc(OC2CCNC2)c(O)c1. The normalized spacial score (nSPS) is 20.2. The second-order valence-electron chi connectivity index (χ2n) is 3.57. The van der Waals surface area contributed by atoms with E-state index in [-0.39, 0.29) is 11.9 Å². The Hall–Kier alpha value is -1.42. The van der Waals surface area contributed by atoms with Crippen LogP contribution in [-0.2, 0) is 0 Å². The van der Waals surface area contributed by atoms with Gasteiger partial charge in [0.1, 0.15) is 11.9 Å². The number of nitrogens with one attached hydrogen (secondary N) is 1. The van der Waals surface area contributed by atoms with Crippen LogP contribution in [0.15, 0.2) is 18.2 Å². The standard InChI is InChI=1S/C11H15NO3/c1-14-8-2-3-11(10(13)6-8)15-9-4-5-12-7-9/h2-3,6,9,12-13H,4-5,7H2,1H3. The summed E-state index contributed by atoms with van der Waals surface area (Å²) in [5.74, 6) is 1.27. The minimum absolute atomic E-state index is 0.126. The summed E-state index contributed by atoms with van der Waals surface area (Å²) >= 11 is 0. The Bertz CT molecular complexity index is 335. The van der Waals surface area contributed by atoms with Crippen LogP contribution in [0.2, 0.25) is 0 Å². The largest absolute Gasteiger partial charge is 0.504 e. The summed E-state index contributed by atoms with van der Waals surface area (Å²) in [5, 5.41) is 12.9. The second-order valence-corrected chi connectivity index (χ2v) is 3.57. The summed E-state index contributed by atoms with van der Waals surface area (Å²) in [6, 6.07) is 5.06. The van der Waals surface area contributed by atoms with Crippen LogP contribution in [0.25, 0.3) is 0 Å². The van der Waals surface area contributed by atoms with Gasteiger partial charge in [-0.05, 0) is 25.1 Å². The third-order valence-corrected chi connectivity index (χ3v) is 2.47. The highest BCUT2D eigenvalue weighted by atomic mass is 16.5. The zero-order valence-electron chi connectivity index (χ0n) is 8.69. The summed E-state index contributed by atoms with van der Waals surface area (Å²) < 4.78 is 10.6. The number of aromatic hydroxyl groups is 1. The summed E-state index contributed by atoms with van der Waals surface area (Å²) in [7, 11) is 1.57. The molecule has 1 heterocycles. The maximum atomic E-state index is 9.66.